The Morgan fingerprint density at radius 1 is 0.952 bits per heavy atom. The lowest BCUT2D eigenvalue weighted by Crippen LogP contribution is -2.64. The third kappa shape index (κ3) is 12.8. The quantitative estimate of drug-likeness (QED) is 0.107. The highest BCUT2D eigenvalue weighted by atomic mass is 28.4. The van der Waals surface area contributed by atoms with Crippen molar-refractivity contribution in [3.8, 4) is 0 Å². The van der Waals surface area contributed by atoms with Crippen molar-refractivity contribution in [3.05, 3.63) is 23.3 Å². The Bertz CT molecular complexity index is 1690. The summed E-state index contributed by atoms with van der Waals surface area (Å²) in [7, 11) is 2.03. The highest BCUT2D eigenvalue weighted by Crippen LogP contribution is 2.42. The molecule has 0 aromatic heterocycles. The van der Waals surface area contributed by atoms with Crippen LogP contribution in [0.25, 0.3) is 0 Å². The van der Waals surface area contributed by atoms with Crippen LogP contribution in [-0.2, 0) is 47.3 Å². The molecule has 13 nitrogen and oxygen atoms in total. The maximum absolute atomic E-state index is 14.8. The van der Waals surface area contributed by atoms with Gasteiger partial charge >= 0.3 is 5.97 Å². The first-order valence-electron chi connectivity index (χ1n) is 24.1. The summed E-state index contributed by atoms with van der Waals surface area (Å²) in [6.07, 6.45) is 2.44. The van der Waals surface area contributed by atoms with Crippen LogP contribution in [0, 0.1) is 29.6 Å². The van der Waals surface area contributed by atoms with Gasteiger partial charge in [0.05, 0.1) is 31.9 Å². The number of rotatable bonds is 8. The largest absolute Gasteiger partial charge is 0.456 e. The van der Waals surface area contributed by atoms with Crippen molar-refractivity contribution in [2.75, 3.05) is 27.9 Å². The second kappa shape index (κ2) is 22.5. The van der Waals surface area contributed by atoms with Gasteiger partial charge in [0.25, 0.3) is 11.7 Å². The minimum atomic E-state index is -2.55. The first-order valence-corrected chi connectivity index (χ1v) is 26.5. The van der Waals surface area contributed by atoms with Crippen LogP contribution in [0.3, 0.4) is 0 Å². The molecular weight excluding hydrogens is 823 g/mol. The fourth-order valence-electron chi connectivity index (χ4n) is 9.94. The van der Waals surface area contributed by atoms with E-state index in [1.807, 2.05) is 33.8 Å². The van der Waals surface area contributed by atoms with E-state index in [2.05, 4.69) is 46.9 Å². The monoisotopic (exact) mass is 907 g/mol. The molecule has 14 atom stereocenters. The topological polar surface area (TPSA) is 167 Å². The zero-order valence-electron chi connectivity index (χ0n) is 42.0. The number of cyclic esters (lactones) is 1. The summed E-state index contributed by atoms with van der Waals surface area (Å²) in [4.78, 5) is 59.6. The predicted octanol–water partition coefficient (Wildman–Crippen LogP) is 7.50. The summed E-state index contributed by atoms with van der Waals surface area (Å²) in [5.74, 6) is -7.22. The first-order chi connectivity index (χ1) is 29.7. The molecule has 360 valence electrons. The Balaban J connectivity index is 1.89. The lowest BCUT2D eigenvalue weighted by atomic mass is 9.81. The number of esters is 1. The maximum atomic E-state index is 14.8. The van der Waals surface area contributed by atoms with E-state index in [0.29, 0.717) is 50.5 Å². The van der Waals surface area contributed by atoms with Gasteiger partial charge < -0.3 is 43.2 Å². The van der Waals surface area contributed by atoms with E-state index in [-0.39, 0.29) is 54.9 Å². The number of hydrogen-bond acceptors (Lipinski definition) is 12. The molecule has 1 aliphatic carbocycles. The summed E-state index contributed by atoms with van der Waals surface area (Å²) >= 11 is 0. The summed E-state index contributed by atoms with van der Waals surface area (Å²) in [6, 6.07) is -1.13. The van der Waals surface area contributed by atoms with Crippen LogP contribution < -0.4 is 0 Å². The van der Waals surface area contributed by atoms with Gasteiger partial charge in [0.1, 0.15) is 24.0 Å². The molecule has 3 aliphatic heterocycles. The Morgan fingerprint density at radius 3 is 2.19 bits per heavy atom. The number of ether oxygens (including phenoxy) is 5. The summed E-state index contributed by atoms with van der Waals surface area (Å²) in [6.45, 7) is 22.4. The number of allylic oxidation sites excluding steroid dienone is 3. The van der Waals surface area contributed by atoms with Gasteiger partial charge in [-0.1, -0.05) is 66.2 Å². The minimum absolute atomic E-state index is 0.0249. The SMILES string of the molecule is [2H][C@@]1(O)CC[C@@H](/C=C(\C)[C@H]2OC(=O)[C@@H]3CCCCN3C(=O)C(=O)[C@]3(O)O[C@H]([C@@H](OC)C[C@@H](C)C/C(C)=C/[C@@H](CC)C(=O)C[C@H](O[Si](C)(C)C(C)(C)C)[C@H]2C)[C@@H](OC)C[C@H]3C)C[C@H]1OC. The van der Waals surface area contributed by atoms with Gasteiger partial charge in [-0.05, 0) is 114 Å². The standard InChI is InChI=1S/C49H83NO12Si/c1-15-35-23-29(2)22-30(3)24-41(58-11)44-42(59-12)26-32(5)49(56,61-44)45(53)46(54)50-21-17-16-18-36(50)47(55)60-43(31(4)25-34-19-20-37(51)40(27-34)57-10)33(6)39(28-38(35)52)62-63(13,14)48(7,8)9/h23,25,30,32-37,39-44,51,56H,15-22,24,26-28H2,1-14H3/b29-23+,31-25+/t30-,32+,33+,34-,35+,36-,37+,39-,40+,41-,42-,43+,44+,49+/m0/s1/i37D. The smallest absolute Gasteiger partial charge is 0.329 e. The highest BCUT2D eigenvalue weighted by Gasteiger charge is 2.57. The number of Topliss-reactive ketones (excluding diaryl/α,β-unsaturated/α-hetero) is 2. The van der Waals surface area contributed by atoms with E-state index >= 15 is 0 Å². The number of methoxy groups -OCH3 is 3. The number of carbonyl (C=O) groups is 4. The lowest BCUT2D eigenvalue weighted by molar-refractivity contribution is -0.302. The number of amides is 1. The Morgan fingerprint density at radius 2 is 1.59 bits per heavy atom. The highest BCUT2D eigenvalue weighted by molar-refractivity contribution is 6.74. The lowest BCUT2D eigenvalue weighted by Gasteiger charge is -2.47. The number of piperidine rings is 1. The average molecular weight is 907 g/mol. The van der Waals surface area contributed by atoms with Crippen LogP contribution in [0.15, 0.2) is 23.3 Å². The number of ketones is 2. The normalized spacial score (nSPS) is 40.3. The molecule has 1 saturated carbocycles. The molecule has 63 heavy (non-hydrogen) atoms. The molecule has 0 aromatic rings. The number of carbonyl (C=O) groups excluding carboxylic acids is 4. The van der Waals surface area contributed by atoms with Crippen molar-refractivity contribution in [2.24, 2.45) is 29.6 Å². The van der Waals surface area contributed by atoms with Crippen molar-refractivity contribution in [2.45, 2.75) is 206 Å². The van der Waals surface area contributed by atoms with Crippen molar-refractivity contribution in [3.63, 3.8) is 0 Å². The maximum Gasteiger partial charge on any atom is 0.329 e. The van der Waals surface area contributed by atoms with Gasteiger partial charge in [-0.25, -0.2) is 4.79 Å². The molecule has 2 N–H and O–H groups in total. The van der Waals surface area contributed by atoms with Crippen LogP contribution in [0.2, 0.25) is 18.1 Å². The minimum Gasteiger partial charge on any atom is -0.456 e. The molecule has 0 spiro atoms. The van der Waals surface area contributed by atoms with Gasteiger partial charge in [0, 0.05) is 52.0 Å². The third-order valence-corrected chi connectivity index (χ3v) is 19.5. The Hall–Kier alpha value is -2.30. The van der Waals surface area contributed by atoms with Gasteiger partial charge in [0.15, 0.2) is 8.32 Å². The molecule has 1 amide bonds. The molecule has 4 aliphatic rings. The summed E-state index contributed by atoms with van der Waals surface area (Å²) in [5.41, 5.74) is 1.74. The number of hydrogen-bond donors (Lipinski definition) is 2. The molecule has 2 bridgehead atoms. The van der Waals surface area contributed by atoms with E-state index in [9.17, 15) is 29.4 Å². The molecule has 0 aromatic carbocycles. The predicted molar refractivity (Wildman–Crippen MR) is 244 cm³/mol. The first kappa shape index (κ1) is 51.7. The van der Waals surface area contributed by atoms with E-state index in [0.717, 1.165) is 5.57 Å². The zero-order valence-corrected chi connectivity index (χ0v) is 42.0. The van der Waals surface area contributed by atoms with E-state index in [1.54, 1.807) is 21.1 Å². The van der Waals surface area contributed by atoms with E-state index in [1.165, 1.54) is 12.0 Å². The zero-order chi connectivity index (χ0) is 48.1. The molecule has 4 rings (SSSR count). The van der Waals surface area contributed by atoms with Crippen LogP contribution >= 0.6 is 0 Å². The molecule has 0 unspecified atom stereocenters. The second-order valence-corrected chi connectivity index (χ2v) is 25.6. The van der Waals surface area contributed by atoms with Crippen molar-refractivity contribution in [1.29, 1.82) is 0 Å². The summed E-state index contributed by atoms with van der Waals surface area (Å²) < 4.78 is 45.9. The second-order valence-electron chi connectivity index (χ2n) is 20.8. The molecule has 0 radical (unpaired) electrons. The van der Waals surface area contributed by atoms with Gasteiger partial charge in [-0.2, -0.15) is 0 Å². The van der Waals surface area contributed by atoms with Crippen molar-refractivity contribution < 1.29 is 58.9 Å². The molecule has 2 saturated heterocycles. The molecule has 3 heterocycles. The van der Waals surface area contributed by atoms with Crippen LogP contribution in [0.4, 0.5) is 0 Å². The van der Waals surface area contributed by atoms with Crippen molar-refractivity contribution >= 4 is 31.8 Å². The Labute approximate surface area is 380 Å². The third-order valence-electron chi connectivity index (χ3n) is 15.0. The fraction of sp³-hybridized carbons (Fsp3) is 0.837. The van der Waals surface area contributed by atoms with Crippen molar-refractivity contribution in [1.82, 2.24) is 4.90 Å². The van der Waals surface area contributed by atoms with E-state index < -0.39 is 98.3 Å². The van der Waals surface area contributed by atoms with Crippen LogP contribution in [-0.4, -0.2) is 129 Å². The van der Waals surface area contributed by atoms with Gasteiger partial charge in [-0.15, -0.1) is 0 Å². The Kier molecular flexibility index (Phi) is 18.4. The number of nitrogens with zero attached hydrogens (tertiary/aromatic N) is 1. The van der Waals surface area contributed by atoms with E-state index in [4.69, 9.17) is 29.5 Å². The fourth-order valence-corrected chi connectivity index (χ4v) is 11.3. The number of fused-ring (bicyclic) bond motifs is 3. The van der Waals surface area contributed by atoms with Gasteiger partial charge in [0.2, 0.25) is 5.79 Å². The molecule has 3 fully saturated rings. The van der Waals surface area contributed by atoms with Crippen LogP contribution in [0.1, 0.15) is 134 Å². The van der Waals surface area contributed by atoms with Crippen LogP contribution in [0.5, 0.6) is 0 Å². The molecule has 14 heteroatoms. The number of aliphatic hydroxyl groups is 2. The van der Waals surface area contributed by atoms with Gasteiger partial charge in [-0.3, -0.25) is 14.4 Å². The summed E-state index contributed by atoms with van der Waals surface area (Å²) in [5, 5.41) is 22.7. The molecular formula is C49H83NO12Si. The average Bonchev–Trinajstić information content (AvgIpc) is 3.23.